The van der Waals surface area contributed by atoms with Crippen molar-refractivity contribution in [3.05, 3.63) is 60.0 Å². The molecule has 2 fully saturated rings. The van der Waals surface area contributed by atoms with Gasteiger partial charge >= 0.3 is 6.43 Å². The number of pyridine rings is 1. The molecular weight excluding hydrogens is 504 g/mol. The molecule has 0 N–H and O–H groups in total. The van der Waals surface area contributed by atoms with Gasteiger partial charge in [0.25, 0.3) is 11.8 Å². The number of nitrogens with zero attached hydrogens (tertiary/aromatic N) is 6. The standard InChI is InChI=1S/C26H28F4N6O2/c1-16(2)10-34-12-21(13-34)35-14-26(30,15-35)25(37)36(20-5-3-4-18(27)8-20)11-19-7-6-17(9-31-19)23-32-33-24(38-23)22(28)29/h3-9,16,21-22H,10-15H2,1-2H3. The van der Waals surface area contributed by atoms with Crippen LogP contribution in [0.15, 0.2) is 47.0 Å². The number of amides is 1. The van der Waals surface area contributed by atoms with E-state index in [0.717, 1.165) is 19.6 Å². The first-order chi connectivity index (χ1) is 18.1. The summed E-state index contributed by atoms with van der Waals surface area (Å²) in [6.07, 6.45) is -1.56. The molecule has 38 heavy (non-hydrogen) atoms. The molecular formula is C26H28F4N6O2. The van der Waals surface area contributed by atoms with Crippen LogP contribution in [0, 0.1) is 11.7 Å². The molecule has 2 saturated heterocycles. The van der Waals surface area contributed by atoms with Gasteiger partial charge in [0.2, 0.25) is 11.6 Å². The molecule has 202 valence electrons. The van der Waals surface area contributed by atoms with Crippen LogP contribution in [0.1, 0.15) is 31.9 Å². The number of halogens is 4. The average Bonchev–Trinajstić information content (AvgIpc) is 3.33. The number of carbonyl (C=O) groups is 1. The zero-order valence-electron chi connectivity index (χ0n) is 21.0. The molecule has 2 aliphatic rings. The minimum atomic E-state index is -2.90. The molecule has 0 bridgehead atoms. The quantitative estimate of drug-likeness (QED) is 0.384. The summed E-state index contributed by atoms with van der Waals surface area (Å²) in [6.45, 7) is 6.84. The molecule has 4 heterocycles. The SMILES string of the molecule is CC(C)CN1CC(N2CC(F)(C(=O)N(Cc3ccc(-c4nnc(C(F)F)o4)cn3)c3cccc(F)c3)C2)C1. The Hall–Kier alpha value is -3.38. The van der Waals surface area contributed by atoms with Gasteiger partial charge in [-0.1, -0.05) is 19.9 Å². The summed E-state index contributed by atoms with van der Waals surface area (Å²) in [5.41, 5.74) is -1.20. The van der Waals surface area contributed by atoms with Crippen molar-refractivity contribution in [1.29, 1.82) is 0 Å². The summed E-state index contributed by atoms with van der Waals surface area (Å²) in [5.74, 6) is -1.69. The summed E-state index contributed by atoms with van der Waals surface area (Å²) in [6, 6.07) is 8.69. The molecule has 0 unspecified atom stereocenters. The van der Waals surface area contributed by atoms with E-state index in [-0.39, 0.29) is 37.3 Å². The molecule has 12 heteroatoms. The monoisotopic (exact) mass is 532 g/mol. The number of hydrogen-bond donors (Lipinski definition) is 0. The molecule has 1 amide bonds. The van der Waals surface area contributed by atoms with E-state index >= 15 is 4.39 Å². The van der Waals surface area contributed by atoms with Crippen molar-refractivity contribution in [1.82, 2.24) is 25.0 Å². The highest BCUT2D eigenvalue weighted by atomic mass is 19.3. The van der Waals surface area contributed by atoms with Crippen molar-refractivity contribution in [2.75, 3.05) is 37.6 Å². The van der Waals surface area contributed by atoms with Crippen molar-refractivity contribution in [2.45, 2.75) is 38.5 Å². The molecule has 5 rings (SSSR count). The predicted octanol–water partition coefficient (Wildman–Crippen LogP) is 4.11. The molecule has 2 aliphatic heterocycles. The first-order valence-corrected chi connectivity index (χ1v) is 12.4. The first-order valence-electron chi connectivity index (χ1n) is 12.4. The highest BCUT2D eigenvalue weighted by Gasteiger charge is 2.55. The minimum absolute atomic E-state index is 0.0200. The molecule has 1 aromatic carbocycles. The maximum absolute atomic E-state index is 15.8. The van der Waals surface area contributed by atoms with Gasteiger partial charge in [-0.15, -0.1) is 10.2 Å². The van der Waals surface area contributed by atoms with Crippen molar-refractivity contribution in [2.24, 2.45) is 5.92 Å². The van der Waals surface area contributed by atoms with E-state index in [1.165, 1.54) is 47.5 Å². The molecule has 3 aromatic rings. The summed E-state index contributed by atoms with van der Waals surface area (Å²) in [5, 5.41) is 6.88. The van der Waals surface area contributed by atoms with Gasteiger partial charge in [-0.25, -0.2) is 8.78 Å². The van der Waals surface area contributed by atoms with Crippen molar-refractivity contribution in [3.8, 4) is 11.5 Å². The third kappa shape index (κ3) is 5.41. The Kier molecular flexibility index (Phi) is 7.19. The van der Waals surface area contributed by atoms with Gasteiger partial charge in [0, 0.05) is 50.6 Å². The number of alkyl halides is 3. The Morgan fingerprint density at radius 2 is 1.95 bits per heavy atom. The molecule has 0 spiro atoms. The lowest BCUT2D eigenvalue weighted by Crippen LogP contribution is -2.73. The summed E-state index contributed by atoms with van der Waals surface area (Å²) < 4.78 is 60.3. The van der Waals surface area contributed by atoms with Crippen LogP contribution in [0.3, 0.4) is 0 Å². The first kappa shape index (κ1) is 26.2. The van der Waals surface area contributed by atoms with E-state index in [1.807, 2.05) is 4.90 Å². The number of aromatic nitrogens is 3. The van der Waals surface area contributed by atoms with Gasteiger partial charge in [0.15, 0.2) is 0 Å². The highest BCUT2D eigenvalue weighted by molar-refractivity contribution is 6.00. The minimum Gasteiger partial charge on any atom is -0.415 e. The van der Waals surface area contributed by atoms with E-state index in [1.54, 1.807) is 0 Å². The molecule has 2 aromatic heterocycles. The van der Waals surface area contributed by atoms with Crippen molar-refractivity contribution < 1.29 is 26.8 Å². The van der Waals surface area contributed by atoms with E-state index in [9.17, 15) is 18.0 Å². The maximum Gasteiger partial charge on any atom is 0.314 e. The van der Waals surface area contributed by atoms with E-state index in [2.05, 4.69) is 33.9 Å². The van der Waals surface area contributed by atoms with Crippen LogP contribution in [0.25, 0.3) is 11.5 Å². The Bertz CT molecular complexity index is 1270. The fourth-order valence-electron chi connectivity index (χ4n) is 4.84. The molecule has 0 atom stereocenters. The second kappa shape index (κ2) is 10.4. The van der Waals surface area contributed by atoms with Crippen molar-refractivity contribution in [3.63, 3.8) is 0 Å². The lowest BCUT2D eigenvalue weighted by molar-refractivity contribution is -0.150. The second-order valence-electron chi connectivity index (χ2n) is 10.3. The maximum atomic E-state index is 15.8. The second-order valence-corrected chi connectivity index (χ2v) is 10.3. The summed E-state index contributed by atoms with van der Waals surface area (Å²) in [4.78, 5) is 23.2. The fraction of sp³-hybridized carbons (Fsp3) is 0.462. The molecule has 0 aliphatic carbocycles. The molecule has 0 saturated carbocycles. The highest BCUT2D eigenvalue weighted by Crippen LogP contribution is 2.34. The van der Waals surface area contributed by atoms with E-state index in [0.29, 0.717) is 17.2 Å². The number of carbonyl (C=O) groups excluding carboxylic acids is 1. The van der Waals surface area contributed by atoms with Crippen LogP contribution < -0.4 is 4.90 Å². The third-order valence-corrected chi connectivity index (χ3v) is 6.75. The van der Waals surface area contributed by atoms with Gasteiger partial charge < -0.3 is 9.32 Å². The van der Waals surface area contributed by atoms with E-state index in [4.69, 9.17) is 4.42 Å². The number of benzene rings is 1. The van der Waals surface area contributed by atoms with Gasteiger partial charge in [0.05, 0.1) is 17.8 Å². The summed E-state index contributed by atoms with van der Waals surface area (Å²) in [7, 11) is 0. The number of likely N-dealkylation sites (tertiary alicyclic amines) is 2. The van der Waals surface area contributed by atoms with Gasteiger partial charge in [0.1, 0.15) is 5.82 Å². The molecule has 8 nitrogen and oxygen atoms in total. The Balaban J connectivity index is 1.29. The van der Waals surface area contributed by atoms with Crippen LogP contribution in [0.4, 0.5) is 23.2 Å². The average molecular weight is 533 g/mol. The Morgan fingerprint density at radius 1 is 1.18 bits per heavy atom. The van der Waals surface area contributed by atoms with Crippen LogP contribution in [0.5, 0.6) is 0 Å². The van der Waals surface area contributed by atoms with Crippen LogP contribution in [0.2, 0.25) is 0 Å². The lowest BCUT2D eigenvalue weighted by atomic mass is 9.89. The van der Waals surface area contributed by atoms with Gasteiger partial charge in [-0.2, -0.15) is 8.78 Å². The predicted molar refractivity (Wildman–Crippen MR) is 131 cm³/mol. The van der Waals surface area contributed by atoms with Gasteiger partial charge in [-0.3, -0.25) is 19.6 Å². The van der Waals surface area contributed by atoms with Crippen LogP contribution in [-0.4, -0.2) is 75.3 Å². The smallest absolute Gasteiger partial charge is 0.314 e. The fourth-order valence-corrected chi connectivity index (χ4v) is 4.84. The topological polar surface area (TPSA) is 78.6 Å². The number of rotatable bonds is 9. The largest absolute Gasteiger partial charge is 0.415 e. The third-order valence-electron chi connectivity index (χ3n) is 6.75. The molecule has 0 radical (unpaired) electrons. The Labute approximate surface area is 217 Å². The van der Waals surface area contributed by atoms with Crippen LogP contribution >= 0.6 is 0 Å². The van der Waals surface area contributed by atoms with E-state index < -0.39 is 29.7 Å². The van der Waals surface area contributed by atoms with Gasteiger partial charge in [-0.05, 0) is 36.2 Å². The summed E-state index contributed by atoms with van der Waals surface area (Å²) >= 11 is 0. The number of anilines is 1. The normalized spacial score (nSPS) is 18.0. The zero-order valence-corrected chi connectivity index (χ0v) is 21.0. The Morgan fingerprint density at radius 3 is 2.55 bits per heavy atom. The van der Waals surface area contributed by atoms with Crippen LogP contribution in [-0.2, 0) is 11.3 Å². The zero-order chi connectivity index (χ0) is 27.0. The number of hydrogen-bond acceptors (Lipinski definition) is 7. The van der Waals surface area contributed by atoms with Crippen molar-refractivity contribution >= 4 is 11.6 Å². The lowest BCUT2D eigenvalue weighted by Gasteiger charge is -2.54.